The van der Waals surface area contributed by atoms with E-state index in [2.05, 4.69) is 30.4 Å². The number of hydrogen-bond acceptors (Lipinski definition) is 7. The lowest BCUT2D eigenvalue weighted by Crippen LogP contribution is -2.48. The van der Waals surface area contributed by atoms with E-state index in [1.54, 1.807) is 6.20 Å². The molecule has 1 amide bonds. The highest BCUT2D eigenvalue weighted by atomic mass is 31.2. The summed E-state index contributed by atoms with van der Waals surface area (Å²) in [6, 6.07) is 5.64. The van der Waals surface area contributed by atoms with Gasteiger partial charge in [0.25, 0.3) is 5.56 Å². The van der Waals surface area contributed by atoms with Crippen molar-refractivity contribution >= 4 is 24.6 Å². The van der Waals surface area contributed by atoms with Crippen molar-refractivity contribution in [3.8, 4) is 0 Å². The van der Waals surface area contributed by atoms with E-state index in [0.29, 0.717) is 0 Å². The van der Waals surface area contributed by atoms with Crippen LogP contribution in [-0.2, 0) is 25.0 Å². The topological polar surface area (TPSA) is 216 Å². The molecule has 0 spiro atoms. The van der Waals surface area contributed by atoms with Crippen LogP contribution in [0.2, 0.25) is 0 Å². The molecule has 3 unspecified atom stereocenters. The van der Waals surface area contributed by atoms with Gasteiger partial charge in [-0.3, -0.25) is 23.7 Å². The van der Waals surface area contributed by atoms with Crippen LogP contribution < -0.4 is 21.7 Å². The largest absolute Gasteiger partial charge is 0.403 e. The molecule has 5 rings (SSSR count). The SMILES string of the molecule is Cc1cn(C2CC(N=[N+]=[N-])[C@@H](COP(=O)(O)N[C@@H](Cc3c[nH]c4ccccc34)C(=O)NC3CCCCC3)O2)c(=O)[nH]c1=O. The van der Waals surface area contributed by atoms with E-state index in [1.165, 1.54) is 17.7 Å². The summed E-state index contributed by atoms with van der Waals surface area (Å²) < 4.78 is 25.7. The maximum atomic E-state index is 13.4. The van der Waals surface area contributed by atoms with Gasteiger partial charge in [-0.05, 0) is 43.3 Å². The Balaban J connectivity index is 1.30. The Kier molecular flexibility index (Phi) is 9.50. The first-order valence-electron chi connectivity index (χ1n) is 14.3. The Morgan fingerprint density at radius 3 is 2.84 bits per heavy atom. The second-order valence-electron chi connectivity index (χ2n) is 11.0. The molecule has 15 nitrogen and oxygen atoms in total. The Morgan fingerprint density at radius 2 is 2.07 bits per heavy atom. The monoisotopic (exact) mass is 614 g/mol. The molecule has 3 aromatic rings. The Labute approximate surface area is 246 Å². The van der Waals surface area contributed by atoms with Gasteiger partial charge >= 0.3 is 13.4 Å². The summed E-state index contributed by atoms with van der Waals surface area (Å²) in [6.07, 6.45) is 6.22. The maximum absolute atomic E-state index is 13.4. The molecule has 1 aromatic carbocycles. The number of nitrogens with zero attached hydrogens (tertiary/aromatic N) is 4. The van der Waals surface area contributed by atoms with Gasteiger partial charge in [-0.2, -0.15) is 0 Å². The molecule has 1 aliphatic heterocycles. The van der Waals surface area contributed by atoms with Crippen molar-refractivity contribution < 1.29 is 23.5 Å². The lowest BCUT2D eigenvalue weighted by atomic mass is 9.95. The minimum Gasteiger partial charge on any atom is -0.361 e. The van der Waals surface area contributed by atoms with Gasteiger partial charge in [-0.25, -0.2) is 14.4 Å². The fourth-order valence-corrected chi connectivity index (χ4v) is 6.72. The third kappa shape index (κ3) is 7.45. The first-order chi connectivity index (χ1) is 20.6. The van der Waals surface area contributed by atoms with Crippen molar-refractivity contribution in [1.82, 2.24) is 24.9 Å². The normalized spacial score (nSPS) is 23.0. The molecule has 230 valence electrons. The van der Waals surface area contributed by atoms with Crippen molar-refractivity contribution in [3.63, 3.8) is 0 Å². The number of carbonyl (C=O) groups excluding carboxylic acids is 1. The summed E-state index contributed by atoms with van der Waals surface area (Å²) in [6.45, 7) is 1.06. The lowest BCUT2D eigenvalue weighted by molar-refractivity contribution is -0.123. The van der Waals surface area contributed by atoms with Crippen LogP contribution in [-0.4, -0.2) is 56.2 Å². The smallest absolute Gasteiger partial charge is 0.361 e. The zero-order chi connectivity index (χ0) is 30.6. The quantitative estimate of drug-likeness (QED) is 0.0933. The molecule has 2 fully saturated rings. The molecule has 5 atom stereocenters. The summed E-state index contributed by atoms with van der Waals surface area (Å²) in [7, 11) is -4.60. The molecule has 0 bridgehead atoms. The fraction of sp³-hybridized carbons (Fsp3) is 0.519. The maximum Gasteiger partial charge on any atom is 0.403 e. The number of hydrogen-bond donors (Lipinski definition) is 5. The van der Waals surface area contributed by atoms with E-state index in [9.17, 15) is 23.8 Å². The van der Waals surface area contributed by atoms with Crippen molar-refractivity contribution in [1.29, 1.82) is 0 Å². The number of azide groups is 1. The third-order valence-corrected chi connectivity index (χ3v) is 9.10. The highest BCUT2D eigenvalue weighted by Crippen LogP contribution is 2.40. The van der Waals surface area contributed by atoms with Gasteiger partial charge in [-0.1, -0.05) is 42.6 Å². The summed E-state index contributed by atoms with van der Waals surface area (Å²) in [4.78, 5) is 56.6. The predicted molar refractivity (Wildman–Crippen MR) is 157 cm³/mol. The average molecular weight is 615 g/mol. The summed E-state index contributed by atoms with van der Waals surface area (Å²) >= 11 is 0. The summed E-state index contributed by atoms with van der Waals surface area (Å²) in [5.41, 5.74) is 9.76. The number of benzene rings is 1. The molecule has 2 aliphatic rings. The molecule has 0 radical (unpaired) electrons. The first kappa shape index (κ1) is 30.7. The van der Waals surface area contributed by atoms with Crippen LogP contribution in [0.3, 0.4) is 0 Å². The summed E-state index contributed by atoms with van der Waals surface area (Å²) in [5, 5.41) is 10.2. The van der Waals surface area contributed by atoms with Crippen LogP contribution in [0.25, 0.3) is 21.3 Å². The molecular weight excluding hydrogens is 579 g/mol. The molecule has 16 heteroatoms. The van der Waals surface area contributed by atoms with Crippen LogP contribution in [0.4, 0.5) is 0 Å². The average Bonchev–Trinajstić information content (AvgIpc) is 3.58. The molecule has 1 saturated heterocycles. The number of aromatic amines is 2. The van der Waals surface area contributed by atoms with Crippen molar-refractivity contribution in [2.24, 2.45) is 5.11 Å². The van der Waals surface area contributed by atoms with E-state index in [1.807, 2.05) is 24.3 Å². The van der Waals surface area contributed by atoms with E-state index in [4.69, 9.17) is 14.8 Å². The number of amides is 1. The van der Waals surface area contributed by atoms with Crippen LogP contribution in [0.15, 0.2) is 51.4 Å². The number of aryl methyl sites for hydroxylation is 1. The highest BCUT2D eigenvalue weighted by Gasteiger charge is 2.39. The van der Waals surface area contributed by atoms with Crippen LogP contribution >= 0.6 is 7.75 Å². The summed E-state index contributed by atoms with van der Waals surface area (Å²) in [5.74, 6) is -0.410. The minimum absolute atomic E-state index is 0.0130. The van der Waals surface area contributed by atoms with E-state index < -0.39 is 55.9 Å². The third-order valence-electron chi connectivity index (χ3n) is 7.96. The van der Waals surface area contributed by atoms with Gasteiger partial charge in [0.05, 0.1) is 18.8 Å². The molecular formula is C27H35N8O7P. The van der Waals surface area contributed by atoms with Crippen LogP contribution in [0.1, 0.15) is 55.9 Å². The molecule has 3 heterocycles. The number of nitrogens with one attached hydrogen (secondary N) is 4. The zero-order valence-electron chi connectivity index (χ0n) is 23.6. The van der Waals surface area contributed by atoms with Gasteiger partial charge in [0.15, 0.2) is 0 Å². The number of ether oxygens (including phenoxy) is 1. The van der Waals surface area contributed by atoms with Crippen molar-refractivity contribution in [3.05, 3.63) is 79.1 Å². The van der Waals surface area contributed by atoms with Crippen LogP contribution in [0.5, 0.6) is 0 Å². The van der Waals surface area contributed by atoms with Gasteiger partial charge in [0.1, 0.15) is 12.3 Å². The Bertz CT molecular complexity index is 1670. The van der Waals surface area contributed by atoms with E-state index >= 15 is 0 Å². The molecule has 5 N–H and O–H groups in total. The molecule has 2 aromatic heterocycles. The number of H-pyrrole nitrogens is 2. The first-order valence-corrected chi connectivity index (χ1v) is 15.8. The lowest BCUT2D eigenvalue weighted by Gasteiger charge is -2.27. The highest BCUT2D eigenvalue weighted by molar-refractivity contribution is 7.50. The predicted octanol–water partition coefficient (Wildman–Crippen LogP) is 3.06. The van der Waals surface area contributed by atoms with E-state index in [-0.39, 0.29) is 24.4 Å². The second-order valence-corrected chi connectivity index (χ2v) is 12.6. The number of aromatic nitrogens is 3. The van der Waals surface area contributed by atoms with Crippen molar-refractivity contribution in [2.45, 2.75) is 82.3 Å². The molecule has 1 saturated carbocycles. The van der Waals surface area contributed by atoms with Gasteiger partial charge in [-0.15, -0.1) is 0 Å². The molecule has 43 heavy (non-hydrogen) atoms. The number of para-hydroxylation sites is 1. The number of carbonyl (C=O) groups is 1. The van der Waals surface area contributed by atoms with Crippen LogP contribution in [0, 0.1) is 6.92 Å². The van der Waals surface area contributed by atoms with Gasteiger partial charge in [0, 0.05) is 46.2 Å². The Morgan fingerprint density at radius 1 is 1.30 bits per heavy atom. The Hall–Kier alpha value is -3.71. The second kappa shape index (κ2) is 13.3. The number of rotatable bonds is 11. The van der Waals surface area contributed by atoms with Gasteiger partial charge in [0.2, 0.25) is 5.91 Å². The van der Waals surface area contributed by atoms with Crippen molar-refractivity contribution in [2.75, 3.05) is 6.61 Å². The number of fused-ring (bicyclic) bond motifs is 1. The molecule has 1 aliphatic carbocycles. The fourth-order valence-electron chi connectivity index (χ4n) is 5.70. The minimum atomic E-state index is -4.60. The zero-order valence-corrected chi connectivity index (χ0v) is 24.5. The van der Waals surface area contributed by atoms with E-state index in [0.717, 1.165) is 48.6 Å². The van der Waals surface area contributed by atoms with Gasteiger partial charge < -0.3 is 19.9 Å². The standard InChI is InChI=1S/C27H35N8O7P/c1-16-14-35(27(38)31-25(16)36)24-12-21(32-34-28)23(42-24)15-41-43(39,40)33-22(26(37)30-18-7-3-2-4-8-18)11-17-13-29-20-10-6-5-9-19(17)20/h5-6,9-10,13-14,18,21-24,29H,2-4,7-8,11-12,15H2,1H3,(H,30,37)(H,31,36,38)(H2,33,39,40)/t21?,22-,23+,24?/m0/s1.